The molecule has 0 spiro atoms. The van der Waals surface area contributed by atoms with Crippen molar-refractivity contribution < 1.29 is 49.0 Å². The first kappa shape index (κ1) is 28.7. The van der Waals surface area contributed by atoms with E-state index in [9.17, 15) is 14.7 Å². The first-order chi connectivity index (χ1) is 13.7. The summed E-state index contributed by atoms with van der Waals surface area (Å²) >= 11 is 0. The summed E-state index contributed by atoms with van der Waals surface area (Å²) in [5, 5.41) is 11.2. The number of ether oxygens (including phenoxy) is 1. The summed E-state index contributed by atoms with van der Waals surface area (Å²) in [6.07, 6.45) is 22.2. The van der Waals surface area contributed by atoms with Gasteiger partial charge in [-0.1, -0.05) is 83.3 Å². The number of rotatable bonds is 16. The average Bonchev–Trinajstić information content (AvgIpc) is 2.70. The van der Waals surface area contributed by atoms with E-state index in [1.165, 1.54) is 64.2 Å². The van der Waals surface area contributed by atoms with Gasteiger partial charge in [-0.05, 0) is 38.5 Å². The summed E-state index contributed by atoms with van der Waals surface area (Å²) in [6, 6.07) is 0. The number of carboxylic acid groups (broad SMARTS) is 1. The van der Waals surface area contributed by atoms with E-state index < -0.39 is 17.8 Å². The van der Waals surface area contributed by atoms with Gasteiger partial charge in [-0.25, -0.2) is 0 Å². The van der Waals surface area contributed by atoms with Crippen LogP contribution in [0.5, 0.6) is 0 Å². The van der Waals surface area contributed by atoms with Crippen molar-refractivity contribution in [3.63, 3.8) is 0 Å². The van der Waals surface area contributed by atoms with Gasteiger partial charge in [-0.2, -0.15) is 0 Å². The molecule has 0 aromatic heterocycles. The fourth-order valence-corrected chi connectivity index (χ4v) is 3.96. The molecule has 0 saturated heterocycles. The molecule has 4 nitrogen and oxygen atoms in total. The van der Waals surface area contributed by atoms with E-state index in [0.29, 0.717) is 19.4 Å². The van der Waals surface area contributed by atoms with Crippen molar-refractivity contribution >= 4 is 11.9 Å². The Morgan fingerprint density at radius 2 is 1.34 bits per heavy atom. The molecule has 162 valence electrons. The molecule has 2 unspecified atom stereocenters. The number of unbranched alkanes of at least 4 members (excludes halogenated alkanes) is 10. The number of hydrogen-bond donors (Lipinski definition) is 0. The van der Waals surface area contributed by atoms with Crippen LogP contribution in [0.15, 0.2) is 12.2 Å². The first-order valence-corrected chi connectivity index (χ1v) is 11.7. The molecule has 0 N–H and O–H groups in total. The zero-order valence-corrected chi connectivity index (χ0v) is 21.0. The van der Waals surface area contributed by atoms with Crippen LogP contribution in [0.4, 0.5) is 0 Å². The second kappa shape index (κ2) is 19.6. The number of esters is 1. The molecule has 0 bridgehead atoms. The van der Waals surface area contributed by atoms with E-state index in [-0.39, 0.29) is 35.5 Å². The van der Waals surface area contributed by atoms with Crippen LogP contribution in [-0.4, -0.2) is 18.5 Å². The quantitative estimate of drug-likeness (QED) is 0.168. The third-order valence-corrected chi connectivity index (χ3v) is 5.77. The van der Waals surface area contributed by atoms with Crippen molar-refractivity contribution in [2.75, 3.05) is 6.61 Å². The first-order valence-electron chi connectivity index (χ1n) is 11.7. The van der Waals surface area contributed by atoms with Gasteiger partial charge in [0.25, 0.3) is 0 Å². The van der Waals surface area contributed by atoms with Gasteiger partial charge < -0.3 is 14.6 Å². The SMILES string of the molecule is CCCC/C=C/CCCCCCCCCCOC(=O)C1CCCCC1C(=O)[O-].[Na+]. The van der Waals surface area contributed by atoms with Gasteiger partial charge >= 0.3 is 35.5 Å². The van der Waals surface area contributed by atoms with Crippen LogP contribution in [0.1, 0.15) is 110 Å². The van der Waals surface area contributed by atoms with Crippen LogP contribution in [-0.2, 0) is 14.3 Å². The van der Waals surface area contributed by atoms with Crippen LogP contribution in [0.2, 0.25) is 0 Å². The number of carbonyl (C=O) groups excluding carboxylic acids is 2. The van der Waals surface area contributed by atoms with Crippen LogP contribution in [0, 0.1) is 11.8 Å². The predicted octanol–water partition coefficient (Wildman–Crippen LogP) is 2.35. The molecule has 2 atom stereocenters. The maximum absolute atomic E-state index is 12.1. The number of allylic oxidation sites excluding steroid dienone is 2. The zero-order valence-electron chi connectivity index (χ0n) is 19.0. The van der Waals surface area contributed by atoms with Crippen molar-refractivity contribution in [3.05, 3.63) is 12.2 Å². The third kappa shape index (κ3) is 14.3. The number of hydrogen-bond acceptors (Lipinski definition) is 4. The summed E-state index contributed by atoms with van der Waals surface area (Å²) in [4.78, 5) is 23.3. The Bertz CT molecular complexity index is 450. The molecule has 0 heterocycles. The minimum atomic E-state index is -1.10. The Morgan fingerprint density at radius 1 is 0.828 bits per heavy atom. The maximum atomic E-state index is 12.1. The van der Waals surface area contributed by atoms with Crippen molar-refractivity contribution in [2.24, 2.45) is 11.8 Å². The Kier molecular flexibility index (Phi) is 19.4. The standard InChI is InChI=1S/C24H42O4.Na/c1-2-3-4-5-6-7-8-9-10-11-12-13-14-17-20-28-24(27)22-19-16-15-18-21(22)23(25)26;/h5-6,21-22H,2-4,7-20H2,1H3,(H,25,26);/q;+1/p-1/b6-5+;. The molecule has 1 aliphatic rings. The number of aliphatic carboxylic acids is 1. The van der Waals surface area contributed by atoms with E-state index in [4.69, 9.17) is 4.74 Å². The van der Waals surface area contributed by atoms with Gasteiger partial charge in [0.1, 0.15) is 0 Å². The normalized spacial score (nSPS) is 19.1. The number of carboxylic acids is 1. The largest absolute Gasteiger partial charge is 1.00 e. The summed E-state index contributed by atoms with van der Waals surface area (Å²) in [5.41, 5.74) is 0. The third-order valence-electron chi connectivity index (χ3n) is 5.77. The Balaban J connectivity index is 0.00000784. The van der Waals surface area contributed by atoms with Crippen molar-refractivity contribution in [3.8, 4) is 0 Å². The molecular formula is C24H41NaO4. The minimum Gasteiger partial charge on any atom is -0.550 e. The minimum absolute atomic E-state index is 0. The van der Waals surface area contributed by atoms with E-state index in [1.54, 1.807) is 0 Å². The van der Waals surface area contributed by atoms with E-state index >= 15 is 0 Å². The van der Waals surface area contributed by atoms with Crippen molar-refractivity contribution in [1.82, 2.24) is 0 Å². The second-order valence-electron chi connectivity index (χ2n) is 8.21. The molecule has 0 aromatic rings. The zero-order chi connectivity index (χ0) is 20.5. The average molecular weight is 417 g/mol. The summed E-state index contributed by atoms with van der Waals surface area (Å²) < 4.78 is 5.33. The molecule has 29 heavy (non-hydrogen) atoms. The molecule has 0 amide bonds. The Hall–Kier alpha value is -0.320. The van der Waals surface area contributed by atoms with Gasteiger partial charge in [0, 0.05) is 11.9 Å². The fourth-order valence-electron chi connectivity index (χ4n) is 3.96. The number of carbonyl (C=O) groups is 2. The molecule has 1 rings (SSSR count). The van der Waals surface area contributed by atoms with E-state index in [2.05, 4.69) is 19.1 Å². The molecule has 1 aliphatic carbocycles. The van der Waals surface area contributed by atoms with E-state index in [0.717, 1.165) is 25.7 Å². The molecular weight excluding hydrogens is 375 g/mol. The van der Waals surface area contributed by atoms with E-state index in [1.807, 2.05) is 0 Å². The molecule has 0 radical (unpaired) electrons. The smallest absolute Gasteiger partial charge is 0.550 e. The molecule has 0 aromatic carbocycles. The Morgan fingerprint density at radius 3 is 1.93 bits per heavy atom. The molecule has 1 saturated carbocycles. The molecule has 5 heteroatoms. The molecule has 1 fully saturated rings. The fraction of sp³-hybridized carbons (Fsp3) is 0.833. The summed E-state index contributed by atoms with van der Waals surface area (Å²) in [7, 11) is 0. The van der Waals surface area contributed by atoms with Gasteiger partial charge in [0.05, 0.1) is 12.5 Å². The Labute approximate surface area is 200 Å². The van der Waals surface area contributed by atoms with Crippen LogP contribution >= 0.6 is 0 Å². The topological polar surface area (TPSA) is 66.4 Å². The second-order valence-corrected chi connectivity index (χ2v) is 8.21. The van der Waals surface area contributed by atoms with Crippen molar-refractivity contribution in [1.29, 1.82) is 0 Å². The molecule has 0 aliphatic heterocycles. The van der Waals surface area contributed by atoms with Crippen LogP contribution in [0.25, 0.3) is 0 Å². The van der Waals surface area contributed by atoms with Gasteiger partial charge in [0.15, 0.2) is 0 Å². The maximum Gasteiger partial charge on any atom is 1.00 e. The summed E-state index contributed by atoms with van der Waals surface area (Å²) in [6.45, 7) is 2.64. The van der Waals surface area contributed by atoms with Gasteiger partial charge in [-0.3, -0.25) is 4.79 Å². The van der Waals surface area contributed by atoms with Gasteiger partial charge in [0.2, 0.25) is 0 Å². The van der Waals surface area contributed by atoms with Crippen LogP contribution < -0.4 is 34.7 Å². The predicted molar refractivity (Wildman–Crippen MR) is 112 cm³/mol. The van der Waals surface area contributed by atoms with Crippen molar-refractivity contribution in [2.45, 2.75) is 110 Å². The monoisotopic (exact) mass is 416 g/mol. The van der Waals surface area contributed by atoms with Gasteiger partial charge in [-0.15, -0.1) is 0 Å². The summed E-state index contributed by atoms with van der Waals surface area (Å²) in [5.74, 6) is -2.60. The van der Waals surface area contributed by atoms with Crippen LogP contribution in [0.3, 0.4) is 0 Å².